The molecule has 1 heterocycles. The molecule has 0 spiro atoms. The summed E-state index contributed by atoms with van der Waals surface area (Å²) in [6.07, 6.45) is 7.27. The van der Waals surface area contributed by atoms with Gasteiger partial charge in [0.1, 0.15) is 5.82 Å². The second-order valence-corrected chi connectivity index (χ2v) is 9.83. The third kappa shape index (κ3) is 8.00. The van der Waals surface area contributed by atoms with Gasteiger partial charge >= 0.3 is 0 Å². The molecule has 5 nitrogen and oxygen atoms in total. The van der Waals surface area contributed by atoms with Crippen LogP contribution in [0.5, 0.6) is 0 Å². The van der Waals surface area contributed by atoms with Crippen LogP contribution in [0.4, 0.5) is 4.39 Å². The Kier molecular flexibility index (Phi) is 10.7. The lowest BCUT2D eigenvalue weighted by molar-refractivity contribution is -0.121. The molecule has 182 valence electrons. The van der Waals surface area contributed by atoms with Crippen molar-refractivity contribution in [2.45, 2.75) is 69.3 Å². The fourth-order valence-corrected chi connectivity index (χ4v) is 4.76. The van der Waals surface area contributed by atoms with E-state index >= 15 is 0 Å². The summed E-state index contributed by atoms with van der Waals surface area (Å²) in [5.74, 6) is 0.840. The van der Waals surface area contributed by atoms with Crippen molar-refractivity contribution in [2.75, 3.05) is 0 Å². The SMILES string of the molecule is CCCCCCCCC(=O)NCc1nnc(SCc2ccc(F)cc2)n1-c1cc(Cl)ccc1Cl. The summed E-state index contributed by atoms with van der Waals surface area (Å²) in [4.78, 5) is 12.4. The number of hydrogen-bond acceptors (Lipinski definition) is 4. The average Bonchev–Trinajstić information content (AvgIpc) is 3.23. The predicted octanol–water partition coefficient (Wildman–Crippen LogP) is 7.37. The fourth-order valence-electron chi connectivity index (χ4n) is 3.47. The van der Waals surface area contributed by atoms with Gasteiger partial charge in [-0.15, -0.1) is 10.2 Å². The molecular formula is C25H29Cl2FN4OS. The van der Waals surface area contributed by atoms with E-state index in [9.17, 15) is 9.18 Å². The molecule has 0 saturated carbocycles. The fraction of sp³-hybridized carbons (Fsp3) is 0.400. The third-order valence-corrected chi connectivity index (χ3v) is 6.89. The van der Waals surface area contributed by atoms with Crippen LogP contribution in [0.2, 0.25) is 10.0 Å². The average molecular weight is 524 g/mol. The van der Waals surface area contributed by atoms with Crippen LogP contribution < -0.4 is 5.32 Å². The molecule has 2 aromatic carbocycles. The molecule has 9 heteroatoms. The van der Waals surface area contributed by atoms with E-state index in [0.717, 1.165) is 24.8 Å². The highest BCUT2D eigenvalue weighted by Crippen LogP contribution is 2.31. The maximum atomic E-state index is 13.2. The van der Waals surface area contributed by atoms with E-state index in [0.29, 0.717) is 38.9 Å². The smallest absolute Gasteiger partial charge is 0.220 e. The number of carbonyl (C=O) groups excluding carboxylic acids is 1. The molecule has 0 aliphatic carbocycles. The largest absolute Gasteiger partial charge is 0.349 e. The summed E-state index contributed by atoms with van der Waals surface area (Å²) < 4.78 is 15.0. The van der Waals surface area contributed by atoms with Crippen LogP contribution in [0.25, 0.3) is 5.69 Å². The van der Waals surface area contributed by atoms with Gasteiger partial charge in [0.2, 0.25) is 5.91 Å². The van der Waals surface area contributed by atoms with E-state index in [4.69, 9.17) is 23.2 Å². The number of aromatic nitrogens is 3. The van der Waals surface area contributed by atoms with Crippen LogP contribution in [0.15, 0.2) is 47.6 Å². The maximum Gasteiger partial charge on any atom is 0.220 e. The van der Waals surface area contributed by atoms with E-state index < -0.39 is 0 Å². The summed E-state index contributed by atoms with van der Waals surface area (Å²) in [6, 6.07) is 11.5. The Hall–Kier alpha value is -2.09. The number of amides is 1. The number of hydrogen-bond donors (Lipinski definition) is 1. The quantitative estimate of drug-likeness (QED) is 0.188. The summed E-state index contributed by atoms with van der Waals surface area (Å²) in [6.45, 7) is 2.41. The van der Waals surface area contributed by atoms with Gasteiger partial charge in [0.15, 0.2) is 11.0 Å². The molecular weight excluding hydrogens is 494 g/mol. The van der Waals surface area contributed by atoms with Gasteiger partial charge in [-0.25, -0.2) is 4.39 Å². The second-order valence-electron chi connectivity index (χ2n) is 8.04. The lowest BCUT2D eigenvalue weighted by atomic mass is 10.1. The molecule has 0 atom stereocenters. The zero-order valence-electron chi connectivity index (χ0n) is 19.2. The van der Waals surface area contributed by atoms with Gasteiger partial charge in [0.25, 0.3) is 0 Å². The van der Waals surface area contributed by atoms with Crippen LogP contribution in [0.1, 0.15) is 63.3 Å². The van der Waals surface area contributed by atoms with Gasteiger partial charge in [0, 0.05) is 17.2 Å². The number of nitrogens with zero attached hydrogens (tertiary/aromatic N) is 3. The van der Waals surface area contributed by atoms with Crippen molar-refractivity contribution in [3.63, 3.8) is 0 Å². The monoisotopic (exact) mass is 522 g/mol. The molecule has 0 fully saturated rings. The number of rotatable bonds is 13. The standard InChI is InChI=1S/C25H29Cl2FN4OS/c1-2-3-4-5-6-7-8-24(33)29-16-23-30-31-25(34-17-18-9-12-20(28)13-10-18)32(23)22-15-19(26)11-14-21(22)27/h9-15H,2-8,16-17H2,1H3,(H,29,33). The van der Waals surface area contributed by atoms with Crippen molar-refractivity contribution in [1.82, 2.24) is 20.1 Å². The highest BCUT2D eigenvalue weighted by atomic mass is 35.5. The Morgan fingerprint density at radius 2 is 1.76 bits per heavy atom. The predicted molar refractivity (Wildman–Crippen MR) is 137 cm³/mol. The molecule has 0 saturated heterocycles. The molecule has 0 radical (unpaired) electrons. The van der Waals surface area contributed by atoms with Crippen LogP contribution in [0, 0.1) is 5.82 Å². The number of nitrogens with one attached hydrogen (secondary N) is 1. The van der Waals surface area contributed by atoms with Crippen molar-refractivity contribution >= 4 is 40.9 Å². The minimum absolute atomic E-state index is 0.0113. The molecule has 0 aliphatic heterocycles. The lowest BCUT2D eigenvalue weighted by Gasteiger charge is -2.13. The highest BCUT2D eigenvalue weighted by Gasteiger charge is 2.18. The van der Waals surface area contributed by atoms with Crippen molar-refractivity contribution in [1.29, 1.82) is 0 Å². The molecule has 0 bridgehead atoms. The Morgan fingerprint density at radius 3 is 2.53 bits per heavy atom. The van der Waals surface area contributed by atoms with Gasteiger partial charge in [0.05, 0.1) is 17.3 Å². The summed E-state index contributed by atoms with van der Waals surface area (Å²) in [5, 5.41) is 13.2. The van der Waals surface area contributed by atoms with Gasteiger partial charge in [-0.05, 0) is 42.3 Å². The van der Waals surface area contributed by atoms with Crippen LogP contribution >= 0.6 is 35.0 Å². The van der Waals surface area contributed by atoms with Gasteiger partial charge in [-0.1, -0.05) is 86.1 Å². The molecule has 34 heavy (non-hydrogen) atoms. The topological polar surface area (TPSA) is 59.8 Å². The van der Waals surface area contributed by atoms with Crippen LogP contribution in [-0.4, -0.2) is 20.7 Å². The minimum atomic E-state index is -0.276. The van der Waals surface area contributed by atoms with Gasteiger partial charge < -0.3 is 5.32 Å². The molecule has 1 aromatic heterocycles. The normalized spacial score (nSPS) is 11.1. The Balaban J connectivity index is 1.69. The zero-order chi connectivity index (χ0) is 24.3. The molecule has 0 unspecified atom stereocenters. The van der Waals surface area contributed by atoms with Crippen molar-refractivity contribution < 1.29 is 9.18 Å². The van der Waals surface area contributed by atoms with Crippen LogP contribution in [0.3, 0.4) is 0 Å². The van der Waals surface area contributed by atoms with Gasteiger partial charge in [-0.3, -0.25) is 9.36 Å². The first-order valence-electron chi connectivity index (χ1n) is 11.5. The Labute approximate surface area is 214 Å². The third-order valence-electron chi connectivity index (χ3n) is 5.33. The first kappa shape index (κ1) is 26.5. The van der Waals surface area contributed by atoms with E-state index in [1.54, 1.807) is 30.3 Å². The Morgan fingerprint density at radius 1 is 1.03 bits per heavy atom. The van der Waals surface area contributed by atoms with E-state index in [1.807, 2.05) is 4.57 Å². The Bertz CT molecular complexity index is 1080. The highest BCUT2D eigenvalue weighted by molar-refractivity contribution is 7.98. The van der Waals surface area contributed by atoms with Crippen molar-refractivity contribution in [3.8, 4) is 5.69 Å². The molecule has 3 aromatic rings. The summed E-state index contributed by atoms with van der Waals surface area (Å²) in [7, 11) is 0. The first-order valence-corrected chi connectivity index (χ1v) is 13.3. The number of halogens is 3. The van der Waals surface area contributed by atoms with Gasteiger partial charge in [-0.2, -0.15) is 0 Å². The maximum absolute atomic E-state index is 13.2. The minimum Gasteiger partial charge on any atom is -0.349 e. The second kappa shape index (κ2) is 13.7. The molecule has 0 aliphatic rings. The first-order chi connectivity index (χ1) is 16.5. The van der Waals surface area contributed by atoms with E-state index in [-0.39, 0.29) is 18.3 Å². The zero-order valence-corrected chi connectivity index (χ0v) is 21.5. The summed E-state index contributed by atoms with van der Waals surface area (Å²) in [5.41, 5.74) is 1.59. The molecule has 3 rings (SSSR count). The molecule has 1 N–H and O–H groups in total. The molecule has 1 amide bonds. The number of unbranched alkanes of at least 4 members (excludes halogenated alkanes) is 5. The summed E-state index contributed by atoms with van der Waals surface area (Å²) >= 11 is 14.2. The van der Waals surface area contributed by atoms with Crippen molar-refractivity contribution in [2.24, 2.45) is 0 Å². The van der Waals surface area contributed by atoms with E-state index in [2.05, 4.69) is 22.4 Å². The number of benzene rings is 2. The van der Waals surface area contributed by atoms with Crippen LogP contribution in [-0.2, 0) is 17.1 Å². The number of thioether (sulfide) groups is 1. The lowest BCUT2D eigenvalue weighted by Crippen LogP contribution is -2.24. The number of carbonyl (C=O) groups is 1. The van der Waals surface area contributed by atoms with E-state index in [1.165, 1.54) is 43.2 Å². The van der Waals surface area contributed by atoms with Crippen molar-refractivity contribution in [3.05, 3.63) is 69.7 Å².